The lowest BCUT2D eigenvalue weighted by molar-refractivity contribution is -0.686. The Morgan fingerprint density at radius 1 is 1.08 bits per heavy atom. The number of rotatable bonds is 7. The van der Waals surface area contributed by atoms with Crippen LogP contribution in [0.4, 0.5) is 5.69 Å². The number of fused-ring (bicyclic) bond motifs is 1. The van der Waals surface area contributed by atoms with Crippen LogP contribution in [0.1, 0.15) is 11.1 Å². The van der Waals surface area contributed by atoms with Gasteiger partial charge in [0.25, 0.3) is 5.69 Å². The van der Waals surface area contributed by atoms with Crippen LogP contribution in [-0.2, 0) is 13.1 Å². The Kier molecular flexibility index (Phi) is 4.90. The normalized spacial score (nSPS) is 12.1. The third-order valence-electron chi connectivity index (χ3n) is 3.96. The molecule has 1 aliphatic heterocycles. The summed E-state index contributed by atoms with van der Waals surface area (Å²) in [6.45, 7) is 1.33. The van der Waals surface area contributed by atoms with Crippen LogP contribution in [0.5, 0.6) is 23.0 Å². The summed E-state index contributed by atoms with van der Waals surface area (Å²) in [5, 5.41) is 13.3. The molecule has 0 atom stereocenters. The van der Waals surface area contributed by atoms with Gasteiger partial charge >= 0.3 is 0 Å². The fourth-order valence-electron chi connectivity index (χ4n) is 2.71. The monoisotopic (exact) mass is 347 g/mol. The molecule has 25 heavy (non-hydrogen) atoms. The van der Waals surface area contributed by atoms with Crippen molar-refractivity contribution in [2.45, 2.75) is 13.1 Å². The molecule has 1 heterocycles. The van der Waals surface area contributed by atoms with Gasteiger partial charge in [0.05, 0.1) is 30.8 Å². The summed E-state index contributed by atoms with van der Waals surface area (Å²) in [4.78, 5) is 10.9. The third kappa shape index (κ3) is 3.58. The van der Waals surface area contributed by atoms with Crippen LogP contribution in [0.25, 0.3) is 0 Å². The highest BCUT2D eigenvalue weighted by molar-refractivity contribution is 5.54. The zero-order valence-corrected chi connectivity index (χ0v) is 14.0. The molecule has 0 amide bonds. The Bertz CT molecular complexity index is 793. The minimum absolute atomic E-state index is 0.0135. The Hall–Kier alpha value is -3.00. The van der Waals surface area contributed by atoms with Gasteiger partial charge < -0.3 is 24.3 Å². The standard InChI is InChI=1S/C17H18N2O6/c1-22-15-6-12(13(19(20)21)7-16(15)23-2)9-18-8-11-3-4-14-17(5-11)25-10-24-14/h3-7,18H,8-10H2,1-2H3/p+1. The number of nitro benzene ring substituents is 1. The zero-order chi connectivity index (χ0) is 17.8. The largest absolute Gasteiger partial charge is 0.493 e. The Morgan fingerprint density at radius 3 is 2.52 bits per heavy atom. The summed E-state index contributed by atoms with van der Waals surface area (Å²) in [6, 6.07) is 8.77. The van der Waals surface area contributed by atoms with E-state index in [0.717, 1.165) is 17.1 Å². The maximum Gasteiger partial charge on any atom is 0.282 e. The van der Waals surface area contributed by atoms with Crippen molar-refractivity contribution in [3.8, 4) is 23.0 Å². The van der Waals surface area contributed by atoms with Crippen molar-refractivity contribution in [2.24, 2.45) is 0 Å². The second-order valence-corrected chi connectivity index (χ2v) is 5.48. The van der Waals surface area contributed by atoms with Gasteiger partial charge in [0.2, 0.25) is 6.79 Å². The van der Waals surface area contributed by atoms with Crippen LogP contribution in [0, 0.1) is 10.1 Å². The van der Waals surface area contributed by atoms with Gasteiger partial charge in [-0.25, -0.2) is 0 Å². The minimum Gasteiger partial charge on any atom is -0.493 e. The first-order valence-corrected chi connectivity index (χ1v) is 7.72. The van der Waals surface area contributed by atoms with Gasteiger partial charge in [0, 0.05) is 5.56 Å². The molecule has 0 aromatic heterocycles. The van der Waals surface area contributed by atoms with Crippen LogP contribution >= 0.6 is 0 Å². The first kappa shape index (κ1) is 16.8. The second kappa shape index (κ2) is 7.27. The van der Waals surface area contributed by atoms with E-state index in [2.05, 4.69) is 0 Å². The molecule has 0 spiro atoms. The lowest BCUT2D eigenvalue weighted by Crippen LogP contribution is -2.80. The number of hydrogen-bond acceptors (Lipinski definition) is 6. The molecule has 0 fully saturated rings. The zero-order valence-electron chi connectivity index (χ0n) is 14.0. The molecule has 132 valence electrons. The van der Waals surface area contributed by atoms with Crippen LogP contribution in [-0.4, -0.2) is 25.9 Å². The van der Waals surface area contributed by atoms with E-state index in [1.807, 2.05) is 23.5 Å². The van der Waals surface area contributed by atoms with Crippen molar-refractivity contribution in [2.75, 3.05) is 21.0 Å². The Labute approximate surface area is 144 Å². The summed E-state index contributed by atoms with van der Waals surface area (Å²) < 4.78 is 21.0. The van der Waals surface area contributed by atoms with Crippen molar-refractivity contribution in [1.29, 1.82) is 0 Å². The fraction of sp³-hybridized carbons (Fsp3) is 0.294. The second-order valence-electron chi connectivity index (χ2n) is 5.48. The Balaban J connectivity index is 1.72. The molecule has 3 rings (SSSR count). The van der Waals surface area contributed by atoms with Crippen LogP contribution in [0.2, 0.25) is 0 Å². The van der Waals surface area contributed by atoms with Crippen molar-refractivity contribution in [1.82, 2.24) is 0 Å². The number of quaternary nitrogens is 1. The van der Waals surface area contributed by atoms with Crippen molar-refractivity contribution in [3.05, 3.63) is 51.6 Å². The molecule has 2 N–H and O–H groups in total. The van der Waals surface area contributed by atoms with E-state index in [9.17, 15) is 10.1 Å². The molecule has 0 saturated carbocycles. The first-order valence-electron chi connectivity index (χ1n) is 7.72. The average Bonchev–Trinajstić information content (AvgIpc) is 3.08. The van der Waals surface area contributed by atoms with Gasteiger partial charge in [-0.3, -0.25) is 10.1 Å². The molecule has 2 aromatic rings. The maximum absolute atomic E-state index is 11.3. The van der Waals surface area contributed by atoms with Gasteiger partial charge in [-0.05, 0) is 24.3 Å². The van der Waals surface area contributed by atoms with Gasteiger partial charge in [-0.15, -0.1) is 0 Å². The summed E-state index contributed by atoms with van der Waals surface area (Å²) in [5.74, 6) is 2.27. The van der Waals surface area contributed by atoms with Crippen LogP contribution < -0.4 is 24.3 Å². The molecule has 0 unspecified atom stereocenters. The number of nitrogens with two attached hydrogens (primary N) is 1. The van der Waals surface area contributed by atoms with Crippen LogP contribution in [0.3, 0.4) is 0 Å². The number of nitro groups is 1. The molecule has 0 aliphatic carbocycles. The molecule has 0 radical (unpaired) electrons. The molecule has 1 aliphatic rings. The number of hydrogen-bond donors (Lipinski definition) is 1. The van der Waals surface area contributed by atoms with Crippen molar-refractivity contribution < 1.29 is 29.2 Å². The van der Waals surface area contributed by atoms with E-state index in [1.165, 1.54) is 20.3 Å². The first-order chi connectivity index (χ1) is 12.1. The number of benzene rings is 2. The lowest BCUT2D eigenvalue weighted by Gasteiger charge is -2.10. The van der Waals surface area contributed by atoms with Crippen LogP contribution in [0.15, 0.2) is 30.3 Å². The summed E-state index contributed by atoms with van der Waals surface area (Å²) in [6.07, 6.45) is 0. The highest BCUT2D eigenvalue weighted by atomic mass is 16.7. The summed E-state index contributed by atoms with van der Waals surface area (Å²) in [7, 11) is 2.96. The molecule has 0 bridgehead atoms. The number of methoxy groups -OCH3 is 2. The van der Waals surface area contributed by atoms with Gasteiger partial charge in [0.1, 0.15) is 13.1 Å². The highest BCUT2D eigenvalue weighted by Crippen LogP contribution is 2.34. The van der Waals surface area contributed by atoms with E-state index in [4.69, 9.17) is 18.9 Å². The highest BCUT2D eigenvalue weighted by Gasteiger charge is 2.20. The predicted octanol–water partition coefficient (Wildman–Crippen LogP) is 1.60. The number of nitrogens with zero attached hydrogens (tertiary/aromatic N) is 1. The third-order valence-corrected chi connectivity index (χ3v) is 3.96. The van der Waals surface area contributed by atoms with E-state index < -0.39 is 4.92 Å². The van der Waals surface area contributed by atoms with E-state index in [1.54, 1.807) is 6.07 Å². The lowest BCUT2D eigenvalue weighted by atomic mass is 10.1. The molecule has 8 heteroatoms. The minimum atomic E-state index is -0.411. The van der Waals surface area contributed by atoms with Gasteiger partial charge in [0.15, 0.2) is 23.0 Å². The van der Waals surface area contributed by atoms with Gasteiger partial charge in [-0.1, -0.05) is 0 Å². The molecular formula is C17H19N2O6+. The summed E-state index contributed by atoms with van der Waals surface area (Å²) in [5.41, 5.74) is 1.63. The molecule has 0 saturated heterocycles. The molecule has 2 aromatic carbocycles. The van der Waals surface area contributed by atoms with E-state index in [-0.39, 0.29) is 12.5 Å². The Morgan fingerprint density at radius 2 is 1.80 bits per heavy atom. The summed E-state index contributed by atoms with van der Waals surface area (Å²) >= 11 is 0. The SMILES string of the molecule is COc1cc(C[NH2+]Cc2ccc3c(c2)OCO3)c([N+](=O)[O-])cc1OC. The van der Waals surface area contributed by atoms with Gasteiger partial charge in [-0.2, -0.15) is 0 Å². The quantitative estimate of drug-likeness (QED) is 0.604. The van der Waals surface area contributed by atoms with E-state index >= 15 is 0 Å². The topological polar surface area (TPSA) is 96.7 Å². The smallest absolute Gasteiger partial charge is 0.282 e. The van der Waals surface area contributed by atoms with E-state index in [0.29, 0.717) is 30.2 Å². The molecule has 8 nitrogen and oxygen atoms in total. The average molecular weight is 347 g/mol. The maximum atomic E-state index is 11.3. The fourth-order valence-corrected chi connectivity index (χ4v) is 2.71. The number of ether oxygens (including phenoxy) is 4. The van der Waals surface area contributed by atoms with Crippen molar-refractivity contribution >= 4 is 5.69 Å². The van der Waals surface area contributed by atoms with Crippen molar-refractivity contribution in [3.63, 3.8) is 0 Å². The molecular weight excluding hydrogens is 328 g/mol. The predicted molar refractivity (Wildman–Crippen MR) is 88.1 cm³/mol.